The van der Waals surface area contributed by atoms with Gasteiger partial charge in [0.2, 0.25) is 0 Å². The van der Waals surface area contributed by atoms with Gasteiger partial charge in [0.25, 0.3) is 0 Å². The van der Waals surface area contributed by atoms with Gasteiger partial charge in [0.15, 0.2) is 0 Å². The molecular formula is C11H15N3O2. The number of pyridine rings is 1. The van der Waals surface area contributed by atoms with E-state index in [1.54, 1.807) is 12.3 Å². The fourth-order valence-electron chi connectivity index (χ4n) is 1.12. The van der Waals surface area contributed by atoms with E-state index in [1.165, 1.54) is 6.92 Å². The molecule has 1 rings (SSSR count). The van der Waals surface area contributed by atoms with Crippen LogP contribution in [0.3, 0.4) is 0 Å². The van der Waals surface area contributed by atoms with Gasteiger partial charge in [-0.3, -0.25) is 10.1 Å². The lowest BCUT2D eigenvalue weighted by Gasteiger charge is -2.06. The molecule has 16 heavy (non-hydrogen) atoms. The Morgan fingerprint density at radius 3 is 2.81 bits per heavy atom. The van der Waals surface area contributed by atoms with E-state index in [0.29, 0.717) is 18.8 Å². The van der Waals surface area contributed by atoms with E-state index >= 15 is 0 Å². The highest BCUT2D eigenvalue weighted by molar-refractivity contribution is 5.88. The van der Waals surface area contributed by atoms with Gasteiger partial charge >= 0.3 is 6.03 Å². The molecule has 1 aromatic rings. The summed E-state index contributed by atoms with van der Waals surface area (Å²) in [5, 5.41) is 5.16. The molecule has 0 atom stereocenters. The Labute approximate surface area is 94.3 Å². The fourth-order valence-corrected chi connectivity index (χ4v) is 1.12. The van der Waals surface area contributed by atoms with Gasteiger partial charge in [-0.1, -0.05) is 0 Å². The smallest absolute Gasteiger partial charge is 0.320 e. The SMILES string of the molecule is CC(=O)CCNC(=O)Nc1cc(C)ccn1. The number of anilines is 1. The molecule has 2 amide bonds. The highest BCUT2D eigenvalue weighted by atomic mass is 16.2. The molecule has 0 aliphatic heterocycles. The maximum absolute atomic E-state index is 11.3. The molecule has 0 unspecified atom stereocenters. The zero-order chi connectivity index (χ0) is 12.0. The Balaban J connectivity index is 2.37. The summed E-state index contributed by atoms with van der Waals surface area (Å²) in [7, 11) is 0. The number of rotatable bonds is 4. The van der Waals surface area contributed by atoms with Crippen molar-refractivity contribution in [3.63, 3.8) is 0 Å². The summed E-state index contributed by atoms with van der Waals surface area (Å²) in [4.78, 5) is 26.0. The number of urea groups is 1. The number of ketones is 1. The minimum atomic E-state index is -0.348. The number of Topliss-reactive ketones (excluding diaryl/α,β-unsaturated/α-hetero) is 1. The highest BCUT2D eigenvalue weighted by Gasteiger charge is 2.02. The zero-order valence-electron chi connectivity index (χ0n) is 9.41. The van der Waals surface area contributed by atoms with Crippen LogP contribution in [0.2, 0.25) is 0 Å². The largest absolute Gasteiger partial charge is 0.337 e. The summed E-state index contributed by atoms with van der Waals surface area (Å²) >= 11 is 0. The van der Waals surface area contributed by atoms with Crippen LogP contribution in [-0.4, -0.2) is 23.3 Å². The van der Waals surface area contributed by atoms with Gasteiger partial charge in [0, 0.05) is 19.2 Å². The van der Waals surface area contributed by atoms with Crippen molar-refractivity contribution < 1.29 is 9.59 Å². The van der Waals surface area contributed by atoms with Crippen molar-refractivity contribution in [2.24, 2.45) is 0 Å². The molecule has 0 aromatic carbocycles. The van der Waals surface area contributed by atoms with Crippen LogP contribution in [0.15, 0.2) is 18.3 Å². The number of carbonyl (C=O) groups is 2. The van der Waals surface area contributed by atoms with Crippen LogP contribution in [0, 0.1) is 6.92 Å². The molecule has 0 radical (unpaired) electrons. The number of nitrogens with zero attached hydrogens (tertiary/aromatic N) is 1. The fraction of sp³-hybridized carbons (Fsp3) is 0.364. The van der Waals surface area contributed by atoms with Crippen molar-refractivity contribution in [2.45, 2.75) is 20.3 Å². The topological polar surface area (TPSA) is 71.1 Å². The second-order valence-corrected chi connectivity index (χ2v) is 3.55. The first kappa shape index (κ1) is 12.2. The van der Waals surface area contributed by atoms with Gasteiger partial charge in [-0.15, -0.1) is 0 Å². The predicted molar refractivity (Wildman–Crippen MR) is 61.3 cm³/mol. The van der Waals surface area contributed by atoms with E-state index < -0.39 is 0 Å². The van der Waals surface area contributed by atoms with Gasteiger partial charge in [-0.05, 0) is 31.5 Å². The van der Waals surface area contributed by atoms with Crippen LogP contribution in [0.4, 0.5) is 10.6 Å². The van der Waals surface area contributed by atoms with Crippen LogP contribution < -0.4 is 10.6 Å². The second-order valence-electron chi connectivity index (χ2n) is 3.55. The molecule has 0 aliphatic carbocycles. The van der Waals surface area contributed by atoms with E-state index in [-0.39, 0.29) is 11.8 Å². The maximum Gasteiger partial charge on any atom is 0.320 e. The molecule has 2 N–H and O–H groups in total. The first-order valence-electron chi connectivity index (χ1n) is 5.05. The molecule has 0 spiro atoms. The standard InChI is InChI=1S/C11H15N3O2/c1-8-3-5-12-10(7-8)14-11(16)13-6-4-9(2)15/h3,5,7H,4,6H2,1-2H3,(H2,12,13,14,16). The van der Waals surface area contributed by atoms with Crippen molar-refractivity contribution in [3.05, 3.63) is 23.9 Å². The summed E-state index contributed by atoms with van der Waals surface area (Å²) in [6.45, 7) is 3.75. The molecule has 0 bridgehead atoms. The van der Waals surface area contributed by atoms with E-state index in [4.69, 9.17) is 0 Å². The van der Waals surface area contributed by atoms with Crippen LogP contribution in [0.25, 0.3) is 0 Å². The second kappa shape index (κ2) is 5.85. The summed E-state index contributed by atoms with van der Waals surface area (Å²) in [5.74, 6) is 0.550. The van der Waals surface area contributed by atoms with Crippen LogP contribution in [0.5, 0.6) is 0 Å². The van der Waals surface area contributed by atoms with Crippen molar-refractivity contribution >= 4 is 17.6 Å². The maximum atomic E-state index is 11.3. The minimum absolute atomic E-state index is 0.0500. The lowest BCUT2D eigenvalue weighted by atomic mass is 10.3. The number of nitrogens with one attached hydrogen (secondary N) is 2. The average Bonchev–Trinajstić information content (AvgIpc) is 2.16. The number of hydrogen-bond acceptors (Lipinski definition) is 3. The Morgan fingerprint density at radius 2 is 2.19 bits per heavy atom. The van der Waals surface area contributed by atoms with Crippen LogP contribution in [-0.2, 0) is 4.79 Å². The van der Waals surface area contributed by atoms with Crippen molar-refractivity contribution in [3.8, 4) is 0 Å². The summed E-state index contributed by atoms with van der Waals surface area (Å²) < 4.78 is 0. The highest BCUT2D eigenvalue weighted by Crippen LogP contribution is 2.04. The normalized spacial score (nSPS) is 9.62. The monoisotopic (exact) mass is 221 g/mol. The number of amides is 2. The van der Waals surface area contributed by atoms with Gasteiger partial charge in [-0.25, -0.2) is 9.78 Å². The third-order valence-electron chi connectivity index (χ3n) is 1.92. The molecule has 1 aromatic heterocycles. The van der Waals surface area contributed by atoms with Crippen molar-refractivity contribution in [1.82, 2.24) is 10.3 Å². The van der Waals surface area contributed by atoms with Crippen LogP contribution >= 0.6 is 0 Å². The van der Waals surface area contributed by atoms with E-state index in [0.717, 1.165) is 5.56 Å². The Hall–Kier alpha value is -1.91. The third kappa shape index (κ3) is 4.54. The number of aromatic nitrogens is 1. The van der Waals surface area contributed by atoms with Gasteiger partial charge in [0.1, 0.15) is 11.6 Å². The van der Waals surface area contributed by atoms with Crippen molar-refractivity contribution in [1.29, 1.82) is 0 Å². The summed E-state index contributed by atoms with van der Waals surface area (Å²) in [5.41, 5.74) is 1.02. The Bertz CT molecular complexity index is 391. The van der Waals surface area contributed by atoms with Gasteiger partial charge in [-0.2, -0.15) is 0 Å². The average molecular weight is 221 g/mol. The molecule has 0 saturated heterocycles. The molecule has 0 saturated carbocycles. The molecule has 0 aliphatic rings. The number of hydrogen-bond donors (Lipinski definition) is 2. The molecule has 86 valence electrons. The minimum Gasteiger partial charge on any atom is -0.337 e. The lowest BCUT2D eigenvalue weighted by Crippen LogP contribution is -2.30. The van der Waals surface area contributed by atoms with Gasteiger partial charge < -0.3 is 5.32 Å². The zero-order valence-corrected chi connectivity index (χ0v) is 9.41. The van der Waals surface area contributed by atoms with E-state index in [2.05, 4.69) is 15.6 Å². The van der Waals surface area contributed by atoms with Crippen LogP contribution in [0.1, 0.15) is 18.9 Å². The van der Waals surface area contributed by atoms with Gasteiger partial charge in [0.05, 0.1) is 0 Å². The third-order valence-corrected chi connectivity index (χ3v) is 1.92. The summed E-state index contributed by atoms with van der Waals surface area (Å²) in [6.07, 6.45) is 1.97. The Kier molecular flexibility index (Phi) is 4.44. The molecule has 5 heteroatoms. The lowest BCUT2D eigenvalue weighted by molar-refractivity contribution is -0.116. The number of aryl methyl sites for hydroxylation is 1. The first-order chi connectivity index (χ1) is 7.58. The predicted octanol–water partition coefficient (Wildman–Crippen LogP) is 1.49. The molecule has 1 heterocycles. The van der Waals surface area contributed by atoms with E-state index in [1.807, 2.05) is 13.0 Å². The quantitative estimate of drug-likeness (QED) is 0.809. The number of carbonyl (C=O) groups excluding carboxylic acids is 2. The molecule has 0 fully saturated rings. The van der Waals surface area contributed by atoms with E-state index in [9.17, 15) is 9.59 Å². The summed E-state index contributed by atoms with van der Waals surface area (Å²) in [6, 6.07) is 3.27. The molecule has 5 nitrogen and oxygen atoms in total. The van der Waals surface area contributed by atoms with Crippen molar-refractivity contribution in [2.75, 3.05) is 11.9 Å². The first-order valence-corrected chi connectivity index (χ1v) is 5.05. The molecular weight excluding hydrogens is 206 g/mol. The Morgan fingerprint density at radius 1 is 1.44 bits per heavy atom.